The number of nitrogens with one attached hydrogen (secondary N) is 2. The molecule has 152 valence electrons. The lowest BCUT2D eigenvalue weighted by molar-refractivity contribution is 0.236. The maximum Gasteiger partial charge on any atom is 0.248 e. The Morgan fingerprint density at radius 2 is 2.20 bits per heavy atom. The summed E-state index contributed by atoms with van der Waals surface area (Å²) in [6.07, 6.45) is 6.23. The van der Waals surface area contributed by atoms with Gasteiger partial charge in [-0.2, -0.15) is 0 Å². The zero-order valence-electron chi connectivity index (χ0n) is 16.2. The van der Waals surface area contributed by atoms with Crippen LogP contribution in [0.4, 0.5) is 0 Å². The van der Waals surface area contributed by atoms with Crippen LogP contribution in [0.5, 0.6) is 0 Å². The van der Waals surface area contributed by atoms with E-state index in [0.29, 0.717) is 29.2 Å². The Bertz CT molecular complexity index is 1200. The third kappa shape index (κ3) is 2.96. The predicted octanol–water partition coefficient (Wildman–Crippen LogP) is 3.89. The third-order valence-electron chi connectivity index (χ3n) is 5.22. The van der Waals surface area contributed by atoms with E-state index in [1.165, 1.54) is 7.11 Å². The highest BCUT2D eigenvalue weighted by Gasteiger charge is 2.33. The van der Waals surface area contributed by atoms with Crippen molar-refractivity contribution < 1.29 is 9.15 Å². The van der Waals surface area contributed by atoms with E-state index < -0.39 is 0 Å². The van der Waals surface area contributed by atoms with Crippen molar-refractivity contribution in [2.24, 2.45) is 0 Å². The number of aromatic nitrogens is 3. The molecule has 2 aliphatic rings. The first kappa shape index (κ1) is 18.8. The van der Waals surface area contributed by atoms with E-state index in [1.807, 2.05) is 41.0 Å². The number of fused-ring (bicyclic) bond motifs is 4. The van der Waals surface area contributed by atoms with Gasteiger partial charge in [0.05, 0.1) is 23.3 Å². The van der Waals surface area contributed by atoms with Gasteiger partial charge in [0.1, 0.15) is 35.8 Å². The topological polar surface area (TPSA) is 104 Å². The van der Waals surface area contributed by atoms with Gasteiger partial charge in [0.15, 0.2) is 5.58 Å². The molecular formula is C21H19ClN6O2. The number of halogens is 1. The van der Waals surface area contributed by atoms with Gasteiger partial charge in [-0.25, -0.2) is 9.97 Å². The number of nitrogens with zero attached hydrogens (tertiary/aromatic N) is 4. The van der Waals surface area contributed by atoms with E-state index in [2.05, 4.69) is 9.97 Å². The molecule has 3 heterocycles. The molecule has 0 amide bonds. The zero-order chi connectivity index (χ0) is 20.8. The van der Waals surface area contributed by atoms with Crippen molar-refractivity contribution >= 4 is 40.1 Å². The molecular weight excluding hydrogens is 404 g/mol. The summed E-state index contributed by atoms with van der Waals surface area (Å²) in [5, 5.41) is 17.0. The molecule has 1 aliphatic heterocycles. The number of rotatable bonds is 3. The quantitative estimate of drug-likeness (QED) is 0.378. The monoisotopic (exact) mass is 422 g/mol. The van der Waals surface area contributed by atoms with Crippen LogP contribution in [-0.4, -0.2) is 50.2 Å². The van der Waals surface area contributed by atoms with Crippen LogP contribution in [-0.2, 0) is 11.3 Å². The summed E-state index contributed by atoms with van der Waals surface area (Å²) < 4.78 is 13.0. The van der Waals surface area contributed by atoms with E-state index in [-0.39, 0.29) is 30.2 Å². The molecule has 0 spiro atoms. The Hall–Kier alpha value is -3.23. The Labute approximate surface area is 177 Å². The smallest absolute Gasteiger partial charge is 0.248 e. The Morgan fingerprint density at radius 3 is 3.00 bits per heavy atom. The first-order chi connectivity index (χ1) is 14.6. The fraction of sp³-hybridized carbons (Fsp3) is 0.238. The molecule has 8 nitrogen and oxygen atoms in total. The molecule has 0 saturated heterocycles. The standard InChI is InChI=1S/C21H19ClN6O2/c1-29-10-18(23)27-9-16-19(21-26-14-4-2-3-5-17(14)30-21)25-11-28(16)15-7-6-12(22)8-13(15)20(27)24/h2-5,7-8,11-12,23-24H,6,9-10H2,1H3. The van der Waals surface area contributed by atoms with Crippen LogP contribution >= 0.6 is 11.6 Å². The second-order valence-electron chi connectivity index (χ2n) is 7.13. The molecule has 0 saturated carbocycles. The van der Waals surface area contributed by atoms with Gasteiger partial charge >= 0.3 is 0 Å². The molecule has 1 unspecified atom stereocenters. The molecule has 30 heavy (non-hydrogen) atoms. The van der Waals surface area contributed by atoms with Gasteiger partial charge in [-0.1, -0.05) is 24.3 Å². The molecule has 0 bridgehead atoms. The van der Waals surface area contributed by atoms with Crippen LogP contribution in [0.3, 0.4) is 0 Å². The van der Waals surface area contributed by atoms with Crippen LogP contribution in [0.25, 0.3) is 28.4 Å². The zero-order valence-corrected chi connectivity index (χ0v) is 17.0. The summed E-state index contributed by atoms with van der Waals surface area (Å²) in [6.45, 7) is 0.349. The van der Waals surface area contributed by atoms with E-state index in [9.17, 15) is 0 Å². The van der Waals surface area contributed by atoms with Gasteiger partial charge in [-0.15, -0.1) is 11.6 Å². The van der Waals surface area contributed by atoms with Crippen molar-refractivity contribution in [2.45, 2.75) is 18.3 Å². The summed E-state index contributed by atoms with van der Waals surface area (Å²) in [7, 11) is 1.53. The number of ether oxygens (including phenoxy) is 1. The highest BCUT2D eigenvalue weighted by atomic mass is 35.5. The minimum absolute atomic E-state index is 0.0887. The Balaban J connectivity index is 1.68. The van der Waals surface area contributed by atoms with E-state index in [4.69, 9.17) is 31.6 Å². The second-order valence-corrected chi connectivity index (χ2v) is 7.69. The Morgan fingerprint density at radius 1 is 1.37 bits per heavy atom. The lowest BCUT2D eigenvalue weighted by Crippen LogP contribution is -2.38. The first-order valence-corrected chi connectivity index (χ1v) is 9.92. The normalized spacial score (nSPS) is 18.5. The van der Waals surface area contributed by atoms with Gasteiger partial charge in [-0.3, -0.25) is 10.8 Å². The van der Waals surface area contributed by atoms with E-state index in [0.717, 1.165) is 16.9 Å². The number of oxazole rings is 1. The average Bonchev–Trinajstić information content (AvgIpc) is 3.32. The van der Waals surface area contributed by atoms with Crippen molar-refractivity contribution in [3.05, 3.63) is 54.0 Å². The van der Waals surface area contributed by atoms with Crippen LogP contribution in [0.1, 0.15) is 12.1 Å². The van der Waals surface area contributed by atoms with Crippen LogP contribution in [0.2, 0.25) is 0 Å². The largest absolute Gasteiger partial charge is 0.435 e. The maximum absolute atomic E-state index is 8.78. The van der Waals surface area contributed by atoms with Gasteiger partial charge < -0.3 is 18.6 Å². The SMILES string of the molecule is COCC(=N)N1Cc2c(-c3nc4ccccc4o3)ncn2C2=CCC(Cl)C=C2C1=N. The number of benzene rings is 1. The first-order valence-electron chi connectivity index (χ1n) is 9.48. The van der Waals surface area contributed by atoms with Gasteiger partial charge in [-0.05, 0) is 18.6 Å². The highest BCUT2D eigenvalue weighted by Crippen LogP contribution is 2.36. The summed E-state index contributed by atoms with van der Waals surface area (Å²) >= 11 is 6.35. The number of hydrogen-bond donors (Lipinski definition) is 2. The number of alkyl halides is 1. The summed E-state index contributed by atoms with van der Waals surface area (Å²) in [5.74, 6) is 0.798. The third-order valence-corrected chi connectivity index (χ3v) is 5.53. The molecule has 1 aliphatic carbocycles. The number of amidine groups is 2. The second kappa shape index (κ2) is 7.23. The lowest BCUT2D eigenvalue weighted by Gasteiger charge is -2.25. The molecule has 2 aromatic heterocycles. The van der Waals surface area contributed by atoms with Crippen LogP contribution in [0.15, 0.2) is 52.7 Å². The number of imidazole rings is 1. The molecule has 5 rings (SSSR count). The maximum atomic E-state index is 8.78. The van der Waals surface area contributed by atoms with E-state index >= 15 is 0 Å². The number of para-hydroxylation sites is 2. The van der Waals surface area contributed by atoms with Crippen molar-refractivity contribution in [1.82, 2.24) is 19.4 Å². The van der Waals surface area contributed by atoms with Crippen LogP contribution in [0, 0.1) is 10.8 Å². The van der Waals surface area contributed by atoms with Gasteiger partial charge in [0, 0.05) is 12.7 Å². The fourth-order valence-corrected chi connectivity index (χ4v) is 4.02. The number of methoxy groups -OCH3 is 1. The van der Waals surface area contributed by atoms with Gasteiger partial charge in [0.25, 0.3) is 0 Å². The molecule has 0 radical (unpaired) electrons. The lowest BCUT2D eigenvalue weighted by atomic mass is 10.0. The minimum atomic E-state index is -0.204. The van der Waals surface area contributed by atoms with Crippen LogP contribution < -0.4 is 0 Å². The molecule has 3 aromatic rings. The van der Waals surface area contributed by atoms with Crippen molar-refractivity contribution in [3.63, 3.8) is 0 Å². The summed E-state index contributed by atoms with van der Waals surface area (Å²) in [4.78, 5) is 10.8. The Kier molecular flexibility index (Phi) is 4.52. The van der Waals surface area contributed by atoms with Crippen molar-refractivity contribution in [2.75, 3.05) is 13.7 Å². The molecule has 1 aromatic carbocycles. The average molecular weight is 423 g/mol. The van der Waals surface area contributed by atoms with E-state index in [1.54, 1.807) is 11.2 Å². The minimum Gasteiger partial charge on any atom is -0.435 e. The number of allylic oxidation sites excluding steroid dienone is 2. The van der Waals surface area contributed by atoms with Crippen molar-refractivity contribution in [3.8, 4) is 11.6 Å². The number of hydrogen-bond acceptors (Lipinski definition) is 6. The highest BCUT2D eigenvalue weighted by molar-refractivity contribution is 6.24. The molecule has 9 heteroatoms. The fourth-order valence-electron chi connectivity index (χ4n) is 3.80. The molecule has 0 fully saturated rings. The molecule has 1 atom stereocenters. The van der Waals surface area contributed by atoms with Crippen molar-refractivity contribution in [1.29, 1.82) is 10.8 Å². The van der Waals surface area contributed by atoms with Gasteiger partial charge in [0.2, 0.25) is 5.89 Å². The summed E-state index contributed by atoms with van der Waals surface area (Å²) in [6, 6.07) is 7.55. The predicted molar refractivity (Wildman–Crippen MR) is 115 cm³/mol. The molecule has 2 N–H and O–H groups in total. The summed E-state index contributed by atoms with van der Waals surface area (Å²) in [5.41, 5.74) is 4.31.